The summed E-state index contributed by atoms with van der Waals surface area (Å²) in [6.45, 7) is 1.89. The molecule has 0 aliphatic carbocycles. The fourth-order valence-electron chi connectivity index (χ4n) is 1.90. The van der Waals surface area contributed by atoms with E-state index in [1.54, 1.807) is 6.20 Å². The fourth-order valence-corrected chi connectivity index (χ4v) is 2.72. The van der Waals surface area contributed by atoms with E-state index in [-0.39, 0.29) is 5.75 Å². The van der Waals surface area contributed by atoms with Gasteiger partial charge in [0.1, 0.15) is 5.01 Å². The van der Waals surface area contributed by atoms with Gasteiger partial charge in [0.25, 0.3) is 0 Å². The molecule has 1 aromatic carbocycles. The van der Waals surface area contributed by atoms with Crippen molar-refractivity contribution in [2.24, 2.45) is 0 Å². The van der Waals surface area contributed by atoms with Gasteiger partial charge in [-0.15, -0.1) is 11.3 Å². The van der Waals surface area contributed by atoms with Crippen molar-refractivity contribution < 1.29 is 15.3 Å². The maximum absolute atomic E-state index is 9.95. The number of rotatable bonds is 2. The Morgan fingerprint density at radius 3 is 2.60 bits per heavy atom. The van der Waals surface area contributed by atoms with Crippen molar-refractivity contribution in [1.29, 1.82) is 0 Å². The molecule has 2 aromatic heterocycles. The first kappa shape index (κ1) is 12.5. The number of aromatic amines is 1. The first-order chi connectivity index (χ1) is 9.58. The average molecular weight is 289 g/mol. The lowest BCUT2D eigenvalue weighted by Crippen LogP contribution is -1.84. The number of H-pyrrole nitrogens is 1. The first-order valence-corrected chi connectivity index (χ1v) is 6.66. The highest BCUT2D eigenvalue weighted by Gasteiger charge is 2.19. The second-order valence-electron chi connectivity index (χ2n) is 4.28. The largest absolute Gasteiger partial charge is 0.504 e. The summed E-state index contributed by atoms with van der Waals surface area (Å²) in [5.74, 6) is -1.33. The molecule has 4 N–H and O–H groups in total. The maximum Gasteiger partial charge on any atom is 0.200 e. The lowest BCUT2D eigenvalue weighted by molar-refractivity contribution is 0.369. The number of aromatic nitrogens is 3. The van der Waals surface area contributed by atoms with Crippen molar-refractivity contribution in [1.82, 2.24) is 15.2 Å². The minimum Gasteiger partial charge on any atom is -0.504 e. The highest BCUT2D eigenvalue weighted by atomic mass is 32.1. The van der Waals surface area contributed by atoms with E-state index in [0.29, 0.717) is 11.3 Å². The molecule has 0 saturated carbocycles. The molecule has 0 spiro atoms. The van der Waals surface area contributed by atoms with Crippen molar-refractivity contribution in [2.45, 2.75) is 6.92 Å². The molecule has 3 rings (SSSR count). The van der Waals surface area contributed by atoms with Crippen molar-refractivity contribution in [3.05, 3.63) is 29.4 Å². The SMILES string of the molecule is Cc1csc(-c2cn[nH]c2-c2ccc(O)c(O)c2O)n1. The van der Waals surface area contributed by atoms with Crippen LogP contribution in [0.2, 0.25) is 0 Å². The van der Waals surface area contributed by atoms with E-state index in [0.717, 1.165) is 16.3 Å². The molecular weight excluding hydrogens is 278 g/mol. The first-order valence-electron chi connectivity index (χ1n) is 5.78. The van der Waals surface area contributed by atoms with Gasteiger partial charge in [-0.25, -0.2) is 4.98 Å². The average Bonchev–Trinajstić information content (AvgIpc) is 3.04. The summed E-state index contributed by atoms with van der Waals surface area (Å²) >= 11 is 1.46. The van der Waals surface area contributed by atoms with Crippen LogP contribution < -0.4 is 0 Å². The zero-order valence-electron chi connectivity index (χ0n) is 10.5. The lowest BCUT2D eigenvalue weighted by atomic mass is 10.1. The molecule has 0 aliphatic rings. The number of hydrogen-bond donors (Lipinski definition) is 4. The molecule has 0 radical (unpaired) electrons. The second-order valence-corrected chi connectivity index (χ2v) is 5.14. The van der Waals surface area contributed by atoms with Crippen LogP contribution in [0.15, 0.2) is 23.7 Å². The van der Waals surface area contributed by atoms with Crippen LogP contribution in [-0.4, -0.2) is 30.5 Å². The molecule has 3 aromatic rings. The van der Waals surface area contributed by atoms with Gasteiger partial charge < -0.3 is 15.3 Å². The normalized spacial score (nSPS) is 10.8. The molecule has 0 amide bonds. The number of hydrogen-bond acceptors (Lipinski definition) is 6. The Morgan fingerprint density at radius 1 is 1.10 bits per heavy atom. The third-order valence-electron chi connectivity index (χ3n) is 2.89. The Labute approximate surface area is 118 Å². The number of nitrogens with one attached hydrogen (secondary N) is 1. The summed E-state index contributed by atoms with van der Waals surface area (Å²) in [6, 6.07) is 2.81. The Morgan fingerprint density at radius 2 is 1.90 bits per heavy atom. The Balaban J connectivity index is 2.18. The van der Waals surface area contributed by atoms with Gasteiger partial charge in [0, 0.05) is 16.6 Å². The van der Waals surface area contributed by atoms with E-state index in [1.807, 2.05) is 12.3 Å². The highest BCUT2D eigenvalue weighted by molar-refractivity contribution is 7.13. The molecule has 0 unspecified atom stereocenters. The van der Waals surface area contributed by atoms with Gasteiger partial charge in [0.15, 0.2) is 11.5 Å². The van der Waals surface area contributed by atoms with E-state index in [9.17, 15) is 15.3 Å². The summed E-state index contributed by atoms with van der Waals surface area (Å²) in [6.07, 6.45) is 1.61. The van der Waals surface area contributed by atoms with Crippen molar-refractivity contribution >= 4 is 11.3 Å². The molecule has 20 heavy (non-hydrogen) atoms. The smallest absolute Gasteiger partial charge is 0.200 e. The Bertz CT molecular complexity index is 779. The molecule has 0 atom stereocenters. The number of phenolic OH excluding ortho intramolecular Hbond substituents is 3. The topological polar surface area (TPSA) is 102 Å². The number of phenols is 3. The lowest BCUT2D eigenvalue weighted by Gasteiger charge is -2.07. The molecule has 0 fully saturated rings. The van der Waals surface area contributed by atoms with Crippen LogP contribution in [0.25, 0.3) is 21.8 Å². The monoisotopic (exact) mass is 289 g/mol. The summed E-state index contributed by atoms with van der Waals surface area (Å²) in [5.41, 5.74) is 2.51. The summed E-state index contributed by atoms with van der Waals surface area (Å²) in [7, 11) is 0. The van der Waals surface area contributed by atoms with Gasteiger partial charge in [-0.05, 0) is 19.1 Å². The van der Waals surface area contributed by atoms with Crippen molar-refractivity contribution in [3.63, 3.8) is 0 Å². The van der Waals surface area contributed by atoms with Crippen LogP contribution in [0.3, 0.4) is 0 Å². The van der Waals surface area contributed by atoms with Crippen molar-refractivity contribution in [2.75, 3.05) is 0 Å². The van der Waals surface area contributed by atoms with E-state index < -0.39 is 11.5 Å². The van der Waals surface area contributed by atoms with E-state index in [4.69, 9.17) is 0 Å². The van der Waals surface area contributed by atoms with Gasteiger partial charge in [0.2, 0.25) is 5.75 Å². The number of thiazole rings is 1. The van der Waals surface area contributed by atoms with E-state index in [1.165, 1.54) is 23.5 Å². The minimum atomic E-state index is -0.557. The van der Waals surface area contributed by atoms with Gasteiger partial charge >= 0.3 is 0 Å². The summed E-state index contributed by atoms with van der Waals surface area (Å²) in [5, 5.41) is 38.3. The number of aromatic hydroxyl groups is 3. The maximum atomic E-state index is 9.95. The van der Waals surface area contributed by atoms with Crippen LogP contribution in [0.1, 0.15) is 5.69 Å². The predicted octanol–water partition coefficient (Wildman–Crippen LogP) is 2.63. The Hall–Kier alpha value is -2.54. The van der Waals surface area contributed by atoms with Crippen LogP contribution in [0.4, 0.5) is 0 Å². The van der Waals surface area contributed by atoms with Gasteiger partial charge in [0.05, 0.1) is 17.5 Å². The zero-order valence-corrected chi connectivity index (χ0v) is 11.3. The van der Waals surface area contributed by atoms with Crippen molar-refractivity contribution in [3.8, 4) is 39.1 Å². The van der Waals surface area contributed by atoms with Gasteiger partial charge in [-0.3, -0.25) is 5.10 Å². The molecule has 6 nitrogen and oxygen atoms in total. The molecule has 0 saturated heterocycles. The summed E-state index contributed by atoms with van der Waals surface area (Å²) in [4.78, 5) is 4.37. The minimum absolute atomic E-state index is 0.348. The second kappa shape index (κ2) is 4.53. The molecular formula is C13H11N3O3S. The molecule has 2 heterocycles. The molecule has 0 bridgehead atoms. The van der Waals surface area contributed by atoms with E-state index in [2.05, 4.69) is 15.2 Å². The van der Waals surface area contributed by atoms with Crippen LogP contribution in [-0.2, 0) is 0 Å². The Kier molecular flexibility index (Phi) is 2.83. The van der Waals surface area contributed by atoms with Crippen LogP contribution in [0, 0.1) is 6.92 Å². The number of aryl methyl sites for hydroxylation is 1. The quantitative estimate of drug-likeness (QED) is 0.543. The predicted molar refractivity (Wildman–Crippen MR) is 74.9 cm³/mol. The third kappa shape index (κ3) is 1.88. The van der Waals surface area contributed by atoms with Crippen LogP contribution >= 0.6 is 11.3 Å². The summed E-state index contributed by atoms with van der Waals surface area (Å²) < 4.78 is 0. The number of benzene rings is 1. The molecule has 0 aliphatic heterocycles. The van der Waals surface area contributed by atoms with E-state index >= 15 is 0 Å². The van der Waals surface area contributed by atoms with Crippen LogP contribution in [0.5, 0.6) is 17.2 Å². The fraction of sp³-hybridized carbons (Fsp3) is 0.0769. The van der Waals surface area contributed by atoms with Gasteiger partial charge in [-0.1, -0.05) is 0 Å². The third-order valence-corrected chi connectivity index (χ3v) is 3.88. The number of nitrogens with zero attached hydrogens (tertiary/aromatic N) is 2. The highest BCUT2D eigenvalue weighted by Crippen LogP contribution is 2.44. The standard InChI is InChI=1S/C13H11N3O3S/c1-6-5-20-13(15-6)8-4-14-16-10(8)7-2-3-9(17)12(19)11(7)18/h2-5,17-19H,1H3,(H,14,16). The zero-order chi connectivity index (χ0) is 14.3. The molecule has 7 heteroatoms. The van der Waals surface area contributed by atoms with Gasteiger partial charge in [-0.2, -0.15) is 5.10 Å². The molecule has 102 valence electrons.